The smallest absolute Gasteiger partial charge is 0.119 e. The number of hydrogen-bond donors (Lipinski definition) is 3. The summed E-state index contributed by atoms with van der Waals surface area (Å²) in [5.41, 5.74) is 1.59. The molecule has 1 aromatic carbocycles. The Labute approximate surface area is 146 Å². The first-order chi connectivity index (χ1) is 11.1. The zero-order chi connectivity index (χ0) is 18.0. The standard InChI is InChI=1S/C21H32O3/c1-15(6-8-16-14-17(22)9-10-18(16)23)7-11-19-20(2,3)12-5-13-21(19,4)24/h6,9-10,14,19,22-24H,5,7-8,11-13H2,1-4H3. The Morgan fingerprint density at radius 3 is 2.58 bits per heavy atom. The Hall–Kier alpha value is -1.48. The van der Waals surface area contributed by atoms with Crippen molar-refractivity contribution in [3.63, 3.8) is 0 Å². The van der Waals surface area contributed by atoms with Crippen LogP contribution < -0.4 is 0 Å². The van der Waals surface area contributed by atoms with Gasteiger partial charge >= 0.3 is 0 Å². The van der Waals surface area contributed by atoms with Crippen LogP contribution in [-0.2, 0) is 6.42 Å². The van der Waals surface area contributed by atoms with Gasteiger partial charge in [0.25, 0.3) is 0 Å². The molecule has 24 heavy (non-hydrogen) atoms. The molecule has 1 saturated carbocycles. The van der Waals surface area contributed by atoms with Gasteiger partial charge in [0.1, 0.15) is 11.5 Å². The maximum atomic E-state index is 10.8. The molecule has 1 aliphatic carbocycles. The Morgan fingerprint density at radius 1 is 1.21 bits per heavy atom. The lowest BCUT2D eigenvalue weighted by Gasteiger charge is -2.48. The highest BCUT2D eigenvalue weighted by Gasteiger charge is 2.44. The average Bonchev–Trinajstić information content (AvgIpc) is 2.46. The molecular formula is C21H32O3. The van der Waals surface area contributed by atoms with E-state index in [0.717, 1.165) is 31.2 Å². The molecule has 0 radical (unpaired) electrons. The molecule has 0 spiro atoms. The van der Waals surface area contributed by atoms with Gasteiger partial charge in [0.2, 0.25) is 0 Å². The summed E-state index contributed by atoms with van der Waals surface area (Å²) in [5, 5.41) is 30.2. The third-order valence-electron chi connectivity index (χ3n) is 5.76. The fraction of sp³-hybridized carbons (Fsp3) is 0.619. The number of allylic oxidation sites excluding steroid dienone is 2. The third kappa shape index (κ3) is 4.54. The van der Waals surface area contributed by atoms with Crippen molar-refractivity contribution in [2.75, 3.05) is 0 Å². The Kier molecular flexibility index (Phi) is 5.64. The van der Waals surface area contributed by atoms with Crippen LogP contribution in [0.5, 0.6) is 11.5 Å². The van der Waals surface area contributed by atoms with Crippen LogP contribution in [0, 0.1) is 11.3 Å². The van der Waals surface area contributed by atoms with Crippen LogP contribution in [0.15, 0.2) is 29.8 Å². The van der Waals surface area contributed by atoms with Gasteiger partial charge in [0, 0.05) is 5.56 Å². The van der Waals surface area contributed by atoms with Gasteiger partial charge in [-0.3, -0.25) is 0 Å². The molecule has 3 nitrogen and oxygen atoms in total. The van der Waals surface area contributed by atoms with Crippen molar-refractivity contribution in [2.24, 2.45) is 11.3 Å². The lowest BCUT2D eigenvalue weighted by Crippen LogP contribution is -2.46. The second-order valence-corrected chi connectivity index (χ2v) is 8.36. The van der Waals surface area contributed by atoms with Crippen molar-refractivity contribution in [1.82, 2.24) is 0 Å². The molecule has 134 valence electrons. The van der Waals surface area contributed by atoms with Crippen LogP contribution in [0.25, 0.3) is 0 Å². The first-order valence-corrected chi connectivity index (χ1v) is 9.01. The van der Waals surface area contributed by atoms with Crippen molar-refractivity contribution >= 4 is 0 Å². The molecule has 3 heteroatoms. The van der Waals surface area contributed by atoms with Gasteiger partial charge in [-0.1, -0.05) is 31.9 Å². The van der Waals surface area contributed by atoms with Crippen molar-refractivity contribution in [1.29, 1.82) is 0 Å². The molecular weight excluding hydrogens is 300 g/mol. The largest absolute Gasteiger partial charge is 0.508 e. The predicted octanol–water partition coefficient (Wildman–Crippen LogP) is 4.94. The van der Waals surface area contributed by atoms with Gasteiger partial charge in [0.05, 0.1) is 5.60 Å². The van der Waals surface area contributed by atoms with Crippen LogP contribution in [-0.4, -0.2) is 20.9 Å². The number of hydrogen-bond acceptors (Lipinski definition) is 3. The van der Waals surface area contributed by atoms with Crippen LogP contribution in [0.1, 0.15) is 65.4 Å². The van der Waals surface area contributed by atoms with E-state index in [2.05, 4.69) is 26.8 Å². The van der Waals surface area contributed by atoms with Crippen LogP contribution >= 0.6 is 0 Å². The summed E-state index contributed by atoms with van der Waals surface area (Å²) in [5.74, 6) is 0.693. The van der Waals surface area contributed by atoms with Gasteiger partial charge < -0.3 is 15.3 Å². The average molecular weight is 332 g/mol. The molecule has 0 bridgehead atoms. The van der Waals surface area contributed by atoms with E-state index < -0.39 is 5.60 Å². The summed E-state index contributed by atoms with van der Waals surface area (Å²) in [6.45, 7) is 8.64. The summed E-state index contributed by atoms with van der Waals surface area (Å²) in [4.78, 5) is 0. The summed E-state index contributed by atoms with van der Waals surface area (Å²) in [6, 6.07) is 4.62. The maximum absolute atomic E-state index is 10.8. The molecule has 0 aromatic heterocycles. The van der Waals surface area contributed by atoms with E-state index in [-0.39, 0.29) is 16.9 Å². The van der Waals surface area contributed by atoms with E-state index in [0.29, 0.717) is 12.3 Å². The van der Waals surface area contributed by atoms with Gasteiger partial charge in [-0.15, -0.1) is 0 Å². The SMILES string of the molecule is CC(=CCc1cc(O)ccc1O)CCC1C(C)(C)CCCC1(C)O. The summed E-state index contributed by atoms with van der Waals surface area (Å²) >= 11 is 0. The molecule has 0 saturated heterocycles. The number of aliphatic hydroxyl groups is 1. The minimum absolute atomic E-state index is 0.172. The minimum atomic E-state index is -0.578. The van der Waals surface area contributed by atoms with Crippen LogP contribution in [0.3, 0.4) is 0 Å². The van der Waals surface area contributed by atoms with Gasteiger partial charge in [0.15, 0.2) is 0 Å². The molecule has 3 N–H and O–H groups in total. The molecule has 0 aliphatic heterocycles. The lowest BCUT2D eigenvalue weighted by molar-refractivity contribution is -0.0918. The highest BCUT2D eigenvalue weighted by molar-refractivity contribution is 5.39. The molecule has 2 rings (SSSR count). The zero-order valence-electron chi connectivity index (χ0n) is 15.5. The third-order valence-corrected chi connectivity index (χ3v) is 5.76. The van der Waals surface area contributed by atoms with Crippen molar-refractivity contribution < 1.29 is 15.3 Å². The van der Waals surface area contributed by atoms with E-state index in [1.54, 1.807) is 6.07 Å². The summed E-state index contributed by atoms with van der Waals surface area (Å²) in [7, 11) is 0. The Balaban J connectivity index is 1.98. The number of benzene rings is 1. The van der Waals surface area contributed by atoms with Crippen LogP contribution in [0.2, 0.25) is 0 Å². The molecule has 1 fully saturated rings. The normalized spacial score (nSPS) is 27.2. The van der Waals surface area contributed by atoms with Crippen molar-refractivity contribution in [3.05, 3.63) is 35.4 Å². The molecule has 1 aromatic rings. The molecule has 2 unspecified atom stereocenters. The number of rotatable bonds is 5. The second kappa shape index (κ2) is 7.18. The first-order valence-electron chi connectivity index (χ1n) is 9.01. The summed E-state index contributed by atoms with van der Waals surface area (Å²) < 4.78 is 0. The molecule has 2 atom stereocenters. The van der Waals surface area contributed by atoms with Gasteiger partial charge in [-0.25, -0.2) is 0 Å². The number of phenols is 2. The lowest BCUT2D eigenvalue weighted by atomic mass is 9.60. The zero-order valence-corrected chi connectivity index (χ0v) is 15.5. The van der Waals surface area contributed by atoms with Crippen LogP contribution in [0.4, 0.5) is 0 Å². The minimum Gasteiger partial charge on any atom is -0.508 e. The highest BCUT2D eigenvalue weighted by atomic mass is 16.3. The molecule has 0 heterocycles. The predicted molar refractivity (Wildman–Crippen MR) is 98.2 cm³/mol. The number of aromatic hydroxyl groups is 2. The Morgan fingerprint density at radius 2 is 1.92 bits per heavy atom. The monoisotopic (exact) mass is 332 g/mol. The van der Waals surface area contributed by atoms with E-state index in [4.69, 9.17) is 0 Å². The Bertz CT molecular complexity index is 583. The van der Waals surface area contributed by atoms with Crippen molar-refractivity contribution in [3.8, 4) is 11.5 Å². The molecule has 1 aliphatic rings. The fourth-order valence-corrected chi connectivity index (χ4v) is 4.29. The summed E-state index contributed by atoms with van der Waals surface area (Å²) in [6.07, 6.45) is 7.81. The molecule has 0 amide bonds. The van der Waals surface area contributed by atoms with E-state index in [1.165, 1.54) is 24.1 Å². The number of phenolic OH excluding ortho intramolecular Hbond substituents is 2. The fourth-order valence-electron chi connectivity index (χ4n) is 4.29. The van der Waals surface area contributed by atoms with E-state index in [1.807, 2.05) is 6.92 Å². The van der Waals surface area contributed by atoms with E-state index >= 15 is 0 Å². The maximum Gasteiger partial charge on any atom is 0.119 e. The van der Waals surface area contributed by atoms with E-state index in [9.17, 15) is 15.3 Å². The first kappa shape index (κ1) is 18.9. The van der Waals surface area contributed by atoms with Crippen molar-refractivity contribution in [2.45, 2.75) is 71.8 Å². The van der Waals surface area contributed by atoms with Gasteiger partial charge in [-0.2, -0.15) is 0 Å². The second-order valence-electron chi connectivity index (χ2n) is 8.36. The highest BCUT2D eigenvalue weighted by Crippen LogP contribution is 2.48. The quantitative estimate of drug-likeness (QED) is 0.528. The van der Waals surface area contributed by atoms with Gasteiger partial charge in [-0.05, 0) is 75.5 Å². The topological polar surface area (TPSA) is 60.7 Å².